The van der Waals surface area contributed by atoms with Crippen molar-refractivity contribution < 1.29 is 9.18 Å². The van der Waals surface area contributed by atoms with E-state index in [-0.39, 0.29) is 11.7 Å². The van der Waals surface area contributed by atoms with E-state index in [0.717, 1.165) is 25.1 Å². The van der Waals surface area contributed by atoms with Crippen LogP contribution >= 0.6 is 0 Å². The number of Topliss-reactive ketones (excluding diaryl/α,β-unsaturated/α-hetero) is 1. The Bertz CT molecular complexity index is 415. The molecular formula is C15H20FNO. The van der Waals surface area contributed by atoms with Gasteiger partial charge in [-0.15, -0.1) is 0 Å². The molecule has 3 heteroatoms. The second-order valence-corrected chi connectivity index (χ2v) is 5.40. The summed E-state index contributed by atoms with van der Waals surface area (Å²) in [6.45, 7) is 2.94. The summed E-state index contributed by atoms with van der Waals surface area (Å²) in [5, 5.41) is 0. The minimum Gasteiger partial charge on any atom is -0.374 e. The van der Waals surface area contributed by atoms with Gasteiger partial charge in [-0.3, -0.25) is 4.79 Å². The van der Waals surface area contributed by atoms with Gasteiger partial charge in [-0.1, -0.05) is 6.92 Å². The summed E-state index contributed by atoms with van der Waals surface area (Å²) in [7, 11) is 1.96. The third-order valence-corrected chi connectivity index (χ3v) is 3.79. The number of carbonyl (C=O) groups is 1. The van der Waals surface area contributed by atoms with Crippen molar-refractivity contribution in [2.24, 2.45) is 11.8 Å². The molecule has 0 bridgehead atoms. The van der Waals surface area contributed by atoms with Crippen molar-refractivity contribution in [1.29, 1.82) is 0 Å². The lowest BCUT2D eigenvalue weighted by Gasteiger charge is -2.30. The van der Waals surface area contributed by atoms with Crippen molar-refractivity contribution in [2.75, 3.05) is 18.5 Å². The molecule has 0 radical (unpaired) electrons. The Hall–Kier alpha value is -1.38. The van der Waals surface area contributed by atoms with Crippen LogP contribution in [0, 0.1) is 17.7 Å². The number of halogens is 1. The molecule has 2 rings (SSSR count). The van der Waals surface area contributed by atoms with Crippen LogP contribution < -0.4 is 4.90 Å². The average Bonchev–Trinajstić information content (AvgIpc) is 2.34. The Morgan fingerprint density at radius 2 is 2.00 bits per heavy atom. The van der Waals surface area contributed by atoms with E-state index in [1.165, 1.54) is 12.1 Å². The lowest BCUT2D eigenvalue weighted by Crippen LogP contribution is -2.34. The summed E-state index contributed by atoms with van der Waals surface area (Å²) in [6.07, 6.45) is 2.71. The van der Waals surface area contributed by atoms with E-state index in [9.17, 15) is 9.18 Å². The number of nitrogens with zero attached hydrogens (tertiary/aromatic N) is 1. The Morgan fingerprint density at radius 3 is 2.67 bits per heavy atom. The fourth-order valence-corrected chi connectivity index (χ4v) is 2.64. The van der Waals surface area contributed by atoms with E-state index < -0.39 is 0 Å². The normalized spacial score (nSPS) is 24.1. The van der Waals surface area contributed by atoms with Crippen molar-refractivity contribution >= 4 is 11.5 Å². The van der Waals surface area contributed by atoms with Gasteiger partial charge < -0.3 is 4.90 Å². The Morgan fingerprint density at radius 1 is 1.33 bits per heavy atom. The van der Waals surface area contributed by atoms with Gasteiger partial charge in [0.05, 0.1) is 0 Å². The molecule has 1 fully saturated rings. The van der Waals surface area contributed by atoms with Crippen LogP contribution in [0.5, 0.6) is 0 Å². The number of anilines is 1. The lowest BCUT2D eigenvalue weighted by atomic mass is 9.81. The highest BCUT2D eigenvalue weighted by Crippen LogP contribution is 2.27. The first kappa shape index (κ1) is 13.1. The Kier molecular flexibility index (Phi) is 4.00. The number of benzene rings is 1. The highest BCUT2D eigenvalue weighted by atomic mass is 19.1. The Labute approximate surface area is 108 Å². The minimum absolute atomic E-state index is 0.129. The van der Waals surface area contributed by atoms with Crippen molar-refractivity contribution in [3.05, 3.63) is 30.1 Å². The predicted molar refractivity (Wildman–Crippen MR) is 71.2 cm³/mol. The van der Waals surface area contributed by atoms with Gasteiger partial charge in [0.2, 0.25) is 0 Å². The van der Waals surface area contributed by atoms with E-state index in [4.69, 9.17) is 0 Å². The summed E-state index contributed by atoms with van der Waals surface area (Å²) in [6, 6.07) is 6.42. The van der Waals surface area contributed by atoms with Gasteiger partial charge in [0.25, 0.3) is 0 Å². The number of ketones is 1. The number of hydrogen-bond acceptors (Lipinski definition) is 2. The second kappa shape index (κ2) is 5.51. The predicted octanol–water partition coefficient (Wildman–Crippen LogP) is 3.27. The first-order chi connectivity index (χ1) is 8.56. The molecule has 0 aliphatic heterocycles. The molecule has 0 N–H and O–H groups in total. The van der Waals surface area contributed by atoms with Gasteiger partial charge in [0.15, 0.2) is 0 Å². The number of rotatable bonds is 3. The first-order valence-corrected chi connectivity index (χ1v) is 6.55. The molecule has 1 aromatic carbocycles. The molecule has 18 heavy (non-hydrogen) atoms. The summed E-state index contributed by atoms with van der Waals surface area (Å²) in [5.41, 5.74) is 0.961. The molecule has 1 aliphatic carbocycles. The zero-order valence-corrected chi connectivity index (χ0v) is 11.0. The van der Waals surface area contributed by atoms with Crippen molar-refractivity contribution in [2.45, 2.75) is 26.2 Å². The van der Waals surface area contributed by atoms with Crippen LogP contribution in [-0.2, 0) is 4.79 Å². The van der Waals surface area contributed by atoms with Crippen LogP contribution in [0.2, 0.25) is 0 Å². The summed E-state index contributed by atoms with van der Waals surface area (Å²) in [4.78, 5) is 13.9. The van der Waals surface area contributed by atoms with Crippen LogP contribution in [0.4, 0.5) is 10.1 Å². The molecular weight excluding hydrogens is 229 g/mol. The summed E-state index contributed by atoms with van der Waals surface area (Å²) in [5.74, 6) is 0.912. The lowest BCUT2D eigenvalue weighted by molar-refractivity contribution is -0.125. The molecule has 0 aromatic heterocycles. The maximum absolute atomic E-state index is 12.8. The van der Waals surface area contributed by atoms with Crippen LogP contribution in [0.3, 0.4) is 0 Å². The third-order valence-electron chi connectivity index (χ3n) is 3.79. The van der Waals surface area contributed by atoms with Crippen LogP contribution in [0.15, 0.2) is 24.3 Å². The molecule has 1 aromatic rings. The van der Waals surface area contributed by atoms with E-state index in [1.807, 2.05) is 11.9 Å². The van der Waals surface area contributed by atoms with E-state index in [1.54, 1.807) is 12.1 Å². The van der Waals surface area contributed by atoms with Crippen LogP contribution in [0.1, 0.15) is 26.2 Å². The monoisotopic (exact) mass is 249 g/mol. The van der Waals surface area contributed by atoms with Crippen molar-refractivity contribution in [1.82, 2.24) is 0 Å². The maximum atomic E-state index is 12.8. The maximum Gasteiger partial charge on any atom is 0.137 e. The van der Waals surface area contributed by atoms with Crippen molar-refractivity contribution in [3.8, 4) is 0 Å². The zero-order chi connectivity index (χ0) is 13.1. The highest BCUT2D eigenvalue weighted by Gasteiger charge is 2.27. The molecule has 2 unspecified atom stereocenters. The van der Waals surface area contributed by atoms with Gasteiger partial charge in [0, 0.05) is 31.6 Å². The van der Waals surface area contributed by atoms with Gasteiger partial charge >= 0.3 is 0 Å². The molecule has 1 aliphatic rings. The van der Waals surface area contributed by atoms with E-state index >= 15 is 0 Å². The zero-order valence-electron chi connectivity index (χ0n) is 11.0. The first-order valence-electron chi connectivity index (χ1n) is 6.55. The third kappa shape index (κ3) is 3.09. The van der Waals surface area contributed by atoms with Gasteiger partial charge in [-0.05, 0) is 43.0 Å². The van der Waals surface area contributed by atoms with Gasteiger partial charge in [-0.2, -0.15) is 0 Å². The molecule has 1 saturated carbocycles. The number of carbonyl (C=O) groups excluding carboxylic acids is 1. The topological polar surface area (TPSA) is 20.3 Å². The van der Waals surface area contributed by atoms with Crippen molar-refractivity contribution in [3.63, 3.8) is 0 Å². The molecule has 0 amide bonds. The number of hydrogen-bond donors (Lipinski definition) is 0. The SMILES string of the molecule is CC1CCC(=O)C(CN(C)c2ccc(F)cc2)C1. The second-order valence-electron chi connectivity index (χ2n) is 5.40. The molecule has 2 nitrogen and oxygen atoms in total. The molecule has 0 heterocycles. The van der Waals surface area contributed by atoms with Gasteiger partial charge in [0.1, 0.15) is 11.6 Å². The highest BCUT2D eigenvalue weighted by molar-refractivity contribution is 5.82. The smallest absolute Gasteiger partial charge is 0.137 e. The molecule has 0 saturated heterocycles. The minimum atomic E-state index is -0.227. The largest absolute Gasteiger partial charge is 0.374 e. The van der Waals surface area contributed by atoms with E-state index in [2.05, 4.69) is 6.92 Å². The fourth-order valence-electron chi connectivity index (χ4n) is 2.64. The van der Waals surface area contributed by atoms with E-state index in [0.29, 0.717) is 18.1 Å². The standard InChI is InChI=1S/C15H20FNO/c1-11-3-8-15(18)12(9-11)10-17(2)14-6-4-13(16)5-7-14/h4-7,11-12H,3,8-10H2,1-2H3. The quantitative estimate of drug-likeness (QED) is 0.819. The summed E-state index contributed by atoms with van der Waals surface area (Å²) >= 11 is 0. The molecule has 0 spiro atoms. The van der Waals surface area contributed by atoms with Crippen LogP contribution in [0.25, 0.3) is 0 Å². The average molecular weight is 249 g/mol. The summed E-state index contributed by atoms with van der Waals surface area (Å²) < 4.78 is 12.8. The fraction of sp³-hybridized carbons (Fsp3) is 0.533. The van der Waals surface area contributed by atoms with Crippen LogP contribution in [-0.4, -0.2) is 19.4 Å². The van der Waals surface area contributed by atoms with Gasteiger partial charge in [-0.25, -0.2) is 4.39 Å². The molecule has 98 valence electrons. The molecule has 2 atom stereocenters. The Balaban J connectivity index is 1.99.